The van der Waals surface area contributed by atoms with Crippen molar-refractivity contribution >= 4 is 10.9 Å². The summed E-state index contributed by atoms with van der Waals surface area (Å²) in [6, 6.07) is 17.9. The lowest BCUT2D eigenvalue weighted by molar-refractivity contribution is 0.459. The van der Waals surface area contributed by atoms with Gasteiger partial charge >= 0.3 is 0 Å². The van der Waals surface area contributed by atoms with Crippen LogP contribution in [0.1, 0.15) is 18.1 Å². The van der Waals surface area contributed by atoms with E-state index in [1.165, 1.54) is 5.56 Å². The molecular formula is C18H18N2O. The average Bonchev–Trinajstić information content (AvgIpc) is 2.54. The van der Waals surface area contributed by atoms with Gasteiger partial charge in [0.2, 0.25) is 5.88 Å². The van der Waals surface area contributed by atoms with Gasteiger partial charge in [0.15, 0.2) is 0 Å². The highest BCUT2D eigenvalue weighted by Gasteiger charge is 2.08. The molecule has 2 aromatic carbocycles. The first-order chi connectivity index (χ1) is 10.3. The number of aromatic nitrogens is 1. The standard InChI is InChI=1S/C18H18N2O/c1-2-13-7-3-6-10-17(13)21-18-11-14(12-19)15-8-4-5-9-16(15)20-18/h3-11H,2,12,19H2,1H3. The van der Waals surface area contributed by atoms with E-state index >= 15 is 0 Å². The van der Waals surface area contributed by atoms with Crippen molar-refractivity contribution in [2.75, 3.05) is 0 Å². The smallest absolute Gasteiger partial charge is 0.220 e. The number of aryl methyl sites for hydroxylation is 1. The number of nitrogens with zero attached hydrogens (tertiary/aromatic N) is 1. The van der Waals surface area contributed by atoms with Crippen molar-refractivity contribution in [1.29, 1.82) is 0 Å². The summed E-state index contributed by atoms with van der Waals surface area (Å²) in [5.41, 5.74) is 8.97. The van der Waals surface area contributed by atoms with Gasteiger partial charge in [-0.3, -0.25) is 0 Å². The van der Waals surface area contributed by atoms with E-state index in [1.807, 2.05) is 48.5 Å². The van der Waals surface area contributed by atoms with Gasteiger partial charge in [-0.25, -0.2) is 4.98 Å². The molecule has 0 fully saturated rings. The van der Waals surface area contributed by atoms with Crippen LogP contribution >= 0.6 is 0 Å². The highest BCUT2D eigenvalue weighted by atomic mass is 16.5. The largest absolute Gasteiger partial charge is 0.439 e. The number of ether oxygens (including phenoxy) is 1. The molecule has 3 nitrogen and oxygen atoms in total. The molecule has 1 heterocycles. The van der Waals surface area contributed by atoms with E-state index in [2.05, 4.69) is 18.0 Å². The van der Waals surface area contributed by atoms with E-state index < -0.39 is 0 Å². The molecule has 0 aliphatic heterocycles. The third-order valence-corrected chi connectivity index (χ3v) is 3.57. The molecule has 0 saturated heterocycles. The van der Waals surface area contributed by atoms with Crippen molar-refractivity contribution in [2.45, 2.75) is 19.9 Å². The molecular weight excluding hydrogens is 260 g/mol. The van der Waals surface area contributed by atoms with Crippen molar-refractivity contribution in [3.05, 3.63) is 65.7 Å². The Balaban J connectivity index is 2.05. The normalized spacial score (nSPS) is 10.8. The van der Waals surface area contributed by atoms with Gasteiger partial charge in [-0.2, -0.15) is 0 Å². The summed E-state index contributed by atoms with van der Waals surface area (Å²) in [7, 11) is 0. The Bertz CT molecular complexity index is 768. The van der Waals surface area contributed by atoms with Gasteiger partial charge < -0.3 is 10.5 Å². The maximum Gasteiger partial charge on any atom is 0.220 e. The predicted molar refractivity (Wildman–Crippen MR) is 85.5 cm³/mol. The number of benzene rings is 2. The third-order valence-electron chi connectivity index (χ3n) is 3.57. The number of nitrogens with two attached hydrogens (primary N) is 1. The summed E-state index contributed by atoms with van der Waals surface area (Å²) >= 11 is 0. The highest BCUT2D eigenvalue weighted by Crippen LogP contribution is 2.28. The molecule has 0 atom stereocenters. The first-order valence-corrected chi connectivity index (χ1v) is 7.16. The van der Waals surface area contributed by atoms with E-state index in [9.17, 15) is 0 Å². The molecule has 0 radical (unpaired) electrons. The first-order valence-electron chi connectivity index (χ1n) is 7.16. The van der Waals surface area contributed by atoms with E-state index in [4.69, 9.17) is 10.5 Å². The van der Waals surface area contributed by atoms with Crippen molar-refractivity contribution in [2.24, 2.45) is 5.73 Å². The Morgan fingerprint density at radius 3 is 2.57 bits per heavy atom. The van der Waals surface area contributed by atoms with Crippen LogP contribution in [-0.2, 0) is 13.0 Å². The molecule has 2 N–H and O–H groups in total. The van der Waals surface area contributed by atoms with Gasteiger partial charge in [0.05, 0.1) is 5.52 Å². The van der Waals surface area contributed by atoms with Crippen LogP contribution < -0.4 is 10.5 Å². The Hall–Kier alpha value is -2.39. The molecule has 0 spiro atoms. The molecule has 0 aliphatic carbocycles. The summed E-state index contributed by atoms with van der Waals surface area (Å²) in [4.78, 5) is 4.58. The quantitative estimate of drug-likeness (QED) is 0.783. The highest BCUT2D eigenvalue weighted by molar-refractivity contribution is 5.82. The summed E-state index contributed by atoms with van der Waals surface area (Å²) in [6.07, 6.45) is 0.924. The van der Waals surface area contributed by atoms with Crippen LogP contribution in [0.25, 0.3) is 10.9 Å². The van der Waals surface area contributed by atoms with Crippen LogP contribution in [0.5, 0.6) is 11.6 Å². The van der Waals surface area contributed by atoms with Gasteiger partial charge in [-0.1, -0.05) is 43.3 Å². The van der Waals surface area contributed by atoms with Crippen LogP contribution in [0.4, 0.5) is 0 Å². The Labute approximate surface area is 124 Å². The zero-order valence-electron chi connectivity index (χ0n) is 12.0. The third kappa shape index (κ3) is 2.73. The lowest BCUT2D eigenvalue weighted by Crippen LogP contribution is -2.00. The summed E-state index contributed by atoms with van der Waals surface area (Å²) in [5.74, 6) is 1.45. The van der Waals surface area contributed by atoms with Crippen LogP contribution in [-0.4, -0.2) is 4.98 Å². The summed E-state index contributed by atoms with van der Waals surface area (Å²) in [5, 5.41) is 1.08. The maximum absolute atomic E-state index is 5.98. The summed E-state index contributed by atoms with van der Waals surface area (Å²) < 4.78 is 5.98. The Kier molecular flexibility index (Phi) is 3.84. The van der Waals surface area contributed by atoms with Gasteiger partial charge in [0.25, 0.3) is 0 Å². The van der Waals surface area contributed by atoms with Crippen molar-refractivity contribution in [1.82, 2.24) is 4.98 Å². The number of pyridine rings is 1. The molecule has 0 unspecified atom stereocenters. The fourth-order valence-corrected chi connectivity index (χ4v) is 2.45. The number of fused-ring (bicyclic) bond motifs is 1. The lowest BCUT2D eigenvalue weighted by atomic mass is 10.1. The number of hydrogen-bond donors (Lipinski definition) is 1. The molecule has 0 amide bonds. The number of para-hydroxylation sites is 2. The summed E-state index contributed by atoms with van der Waals surface area (Å²) in [6.45, 7) is 2.58. The van der Waals surface area contributed by atoms with Crippen molar-refractivity contribution < 1.29 is 4.74 Å². The molecule has 1 aromatic heterocycles. The molecule has 106 valence electrons. The average molecular weight is 278 g/mol. The SMILES string of the molecule is CCc1ccccc1Oc1cc(CN)c2ccccc2n1. The van der Waals surface area contributed by atoms with Crippen LogP contribution in [0, 0.1) is 0 Å². The Morgan fingerprint density at radius 2 is 1.76 bits per heavy atom. The second-order valence-electron chi connectivity index (χ2n) is 4.90. The van der Waals surface area contributed by atoms with Crippen LogP contribution in [0.2, 0.25) is 0 Å². The number of rotatable bonds is 4. The van der Waals surface area contributed by atoms with E-state index in [0.717, 1.165) is 28.6 Å². The molecule has 0 aliphatic rings. The second-order valence-corrected chi connectivity index (χ2v) is 4.90. The second kappa shape index (κ2) is 5.94. The van der Waals surface area contributed by atoms with Crippen LogP contribution in [0.3, 0.4) is 0 Å². The molecule has 0 bridgehead atoms. The van der Waals surface area contributed by atoms with Crippen LogP contribution in [0.15, 0.2) is 54.6 Å². The van der Waals surface area contributed by atoms with Crippen molar-refractivity contribution in [3.8, 4) is 11.6 Å². The van der Waals surface area contributed by atoms with E-state index in [0.29, 0.717) is 12.4 Å². The van der Waals surface area contributed by atoms with Crippen molar-refractivity contribution in [3.63, 3.8) is 0 Å². The zero-order chi connectivity index (χ0) is 14.7. The van der Waals surface area contributed by atoms with Gasteiger partial charge in [-0.05, 0) is 29.7 Å². The van der Waals surface area contributed by atoms with Gasteiger partial charge in [-0.15, -0.1) is 0 Å². The minimum absolute atomic E-state index is 0.467. The molecule has 3 heteroatoms. The fraction of sp³-hybridized carbons (Fsp3) is 0.167. The minimum atomic E-state index is 0.467. The monoisotopic (exact) mass is 278 g/mol. The minimum Gasteiger partial charge on any atom is -0.439 e. The molecule has 3 aromatic rings. The molecule has 21 heavy (non-hydrogen) atoms. The topological polar surface area (TPSA) is 48.1 Å². The van der Waals surface area contributed by atoms with Gasteiger partial charge in [0.1, 0.15) is 5.75 Å². The van der Waals surface area contributed by atoms with E-state index in [-0.39, 0.29) is 0 Å². The van der Waals surface area contributed by atoms with E-state index in [1.54, 1.807) is 0 Å². The number of hydrogen-bond acceptors (Lipinski definition) is 3. The van der Waals surface area contributed by atoms with Gasteiger partial charge in [0, 0.05) is 18.0 Å². The zero-order valence-corrected chi connectivity index (χ0v) is 12.0. The molecule has 3 rings (SSSR count). The first kappa shape index (κ1) is 13.6. The Morgan fingerprint density at radius 1 is 1.00 bits per heavy atom. The molecule has 0 saturated carbocycles. The lowest BCUT2D eigenvalue weighted by Gasteiger charge is -2.11. The predicted octanol–water partition coefficient (Wildman–Crippen LogP) is 4.05. The fourth-order valence-electron chi connectivity index (χ4n) is 2.45. The maximum atomic E-state index is 5.98.